The van der Waals surface area contributed by atoms with E-state index in [2.05, 4.69) is 20.8 Å². The maximum absolute atomic E-state index is 6.12. The molecule has 0 unspecified atom stereocenters. The predicted octanol–water partition coefficient (Wildman–Crippen LogP) is 3.20. The normalized spacial score (nSPS) is 16.8. The van der Waals surface area contributed by atoms with Crippen molar-refractivity contribution in [3.8, 4) is 5.75 Å². The molecular weight excluding hydrogens is 318 g/mol. The molecule has 100 valence electrons. The summed E-state index contributed by atoms with van der Waals surface area (Å²) in [7, 11) is 0. The van der Waals surface area contributed by atoms with Crippen LogP contribution in [-0.2, 0) is 4.74 Å². The minimum atomic E-state index is 0.642. The third-order valence-corrected chi connectivity index (χ3v) is 4.18. The molecule has 5 heteroatoms. The summed E-state index contributed by atoms with van der Waals surface area (Å²) >= 11 is 9.51. The van der Waals surface area contributed by atoms with Crippen molar-refractivity contribution < 1.29 is 9.47 Å². The molecule has 1 aliphatic rings. The van der Waals surface area contributed by atoms with Crippen molar-refractivity contribution in [1.82, 2.24) is 4.90 Å². The van der Waals surface area contributed by atoms with Gasteiger partial charge in [0.05, 0.1) is 24.8 Å². The van der Waals surface area contributed by atoms with Crippen LogP contribution in [0.15, 0.2) is 22.7 Å². The van der Waals surface area contributed by atoms with Gasteiger partial charge in [-0.05, 0) is 34.5 Å². The lowest BCUT2D eigenvalue weighted by atomic mass is 10.3. The zero-order valence-electron chi connectivity index (χ0n) is 10.2. The number of benzene rings is 1. The molecule has 0 aliphatic carbocycles. The Morgan fingerprint density at radius 3 is 2.89 bits per heavy atom. The Balaban J connectivity index is 1.70. The summed E-state index contributed by atoms with van der Waals surface area (Å²) in [5, 5.41) is 0.642. The first-order valence-electron chi connectivity index (χ1n) is 6.14. The second kappa shape index (κ2) is 7.34. The van der Waals surface area contributed by atoms with Gasteiger partial charge >= 0.3 is 0 Å². The first-order valence-corrected chi connectivity index (χ1v) is 7.31. The van der Waals surface area contributed by atoms with Crippen LogP contribution in [0.3, 0.4) is 0 Å². The van der Waals surface area contributed by atoms with Crippen molar-refractivity contribution in [1.29, 1.82) is 0 Å². The molecule has 18 heavy (non-hydrogen) atoms. The van der Waals surface area contributed by atoms with E-state index in [-0.39, 0.29) is 0 Å². The molecule has 0 atom stereocenters. The number of morpholine rings is 1. The molecule has 0 bridgehead atoms. The highest BCUT2D eigenvalue weighted by Crippen LogP contribution is 2.31. The second-order valence-electron chi connectivity index (χ2n) is 4.21. The average Bonchev–Trinajstić information content (AvgIpc) is 2.40. The number of ether oxygens (including phenoxy) is 2. The van der Waals surface area contributed by atoms with Gasteiger partial charge in [-0.3, -0.25) is 4.90 Å². The van der Waals surface area contributed by atoms with E-state index >= 15 is 0 Å². The van der Waals surface area contributed by atoms with E-state index in [1.165, 1.54) is 0 Å². The van der Waals surface area contributed by atoms with E-state index in [9.17, 15) is 0 Å². The highest BCUT2D eigenvalue weighted by Gasteiger charge is 2.10. The number of rotatable bonds is 5. The van der Waals surface area contributed by atoms with Crippen LogP contribution < -0.4 is 4.74 Å². The highest BCUT2D eigenvalue weighted by molar-refractivity contribution is 9.10. The first kappa shape index (κ1) is 14.1. The van der Waals surface area contributed by atoms with Crippen LogP contribution in [0, 0.1) is 0 Å². The Labute approximate surface area is 121 Å². The van der Waals surface area contributed by atoms with Crippen molar-refractivity contribution in [3.63, 3.8) is 0 Å². The molecule has 0 aromatic heterocycles. The highest BCUT2D eigenvalue weighted by atomic mass is 79.9. The van der Waals surface area contributed by atoms with Crippen molar-refractivity contribution in [3.05, 3.63) is 27.7 Å². The Kier molecular flexibility index (Phi) is 5.76. The van der Waals surface area contributed by atoms with Crippen LogP contribution >= 0.6 is 27.5 Å². The number of hydrogen-bond donors (Lipinski definition) is 0. The van der Waals surface area contributed by atoms with E-state index in [1.54, 1.807) is 0 Å². The molecular formula is C13H17BrClNO2. The van der Waals surface area contributed by atoms with E-state index < -0.39 is 0 Å². The third kappa shape index (κ3) is 4.12. The second-order valence-corrected chi connectivity index (χ2v) is 5.44. The summed E-state index contributed by atoms with van der Waals surface area (Å²) in [6.07, 6.45) is 1.00. The maximum Gasteiger partial charge on any atom is 0.139 e. The molecule has 1 fully saturated rings. The van der Waals surface area contributed by atoms with E-state index in [0.717, 1.165) is 49.5 Å². The molecule has 0 N–H and O–H groups in total. The zero-order valence-corrected chi connectivity index (χ0v) is 12.5. The Bertz CT molecular complexity index is 383. The predicted molar refractivity (Wildman–Crippen MR) is 76.5 cm³/mol. The minimum Gasteiger partial charge on any atom is -0.492 e. The molecule has 1 aliphatic heterocycles. The molecule has 0 amide bonds. The molecule has 3 nitrogen and oxygen atoms in total. The Hall–Kier alpha value is -0.290. The van der Waals surface area contributed by atoms with Gasteiger partial charge in [-0.1, -0.05) is 17.7 Å². The topological polar surface area (TPSA) is 21.7 Å². The van der Waals surface area contributed by atoms with Crippen LogP contribution in [-0.4, -0.2) is 44.4 Å². The molecule has 0 radical (unpaired) electrons. The summed E-state index contributed by atoms with van der Waals surface area (Å²) < 4.78 is 11.9. The quantitative estimate of drug-likeness (QED) is 0.772. The van der Waals surface area contributed by atoms with Gasteiger partial charge in [0.1, 0.15) is 5.75 Å². The van der Waals surface area contributed by atoms with Crippen molar-refractivity contribution in [2.75, 3.05) is 39.5 Å². The Morgan fingerprint density at radius 1 is 1.33 bits per heavy atom. The summed E-state index contributed by atoms with van der Waals surface area (Å²) in [5.41, 5.74) is 0. The molecule has 2 rings (SSSR count). The summed E-state index contributed by atoms with van der Waals surface area (Å²) in [6.45, 7) is 5.48. The SMILES string of the molecule is Clc1c(Br)cccc1OCCCN1CCOCC1. The fourth-order valence-corrected chi connectivity index (χ4v) is 2.42. The lowest BCUT2D eigenvalue weighted by molar-refractivity contribution is 0.0358. The fraction of sp³-hybridized carbons (Fsp3) is 0.538. The van der Waals surface area contributed by atoms with Gasteiger partial charge in [0.15, 0.2) is 0 Å². The van der Waals surface area contributed by atoms with Crippen LogP contribution in [0.2, 0.25) is 5.02 Å². The average molecular weight is 335 g/mol. The summed E-state index contributed by atoms with van der Waals surface area (Å²) in [5.74, 6) is 0.744. The fourth-order valence-electron chi connectivity index (χ4n) is 1.89. The van der Waals surface area contributed by atoms with E-state index in [1.807, 2.05) is 18.2 Å². The molecule has 0 spiro atoms. The van der Waals surface area contributed by atoms with Gasteiger partial charge in [0.25, 0.3) is 0 Å². The lowest BCUT2D eigenvalue weighted by Gasteiger charge is -2.26. The van der Waals surface area contributed by atoms with Gasteiger partial charge < -0.3 is 9.47 Å². The standard InChI is InChI=1S/C13H17BrClNO2/c14-11-3-1-4-12(13(11)15)18-8-2-5-16-6-9-17-10-7-16/h1,3-4H,2,5-10H2. The van der Waals surface area contributed by atoms with Crippen molar-refractivity contribution in [2.45, 2.75) is 6.42 Å². The van der Waals surface area contributed by atoms with Gasteiger partial charge in [-0.15, -0.1) is 0 Å². The van der Waals surface area contributed by atoms with Gasteiger partial charge in [-0.2, -0.15) is 0 Å². The maximum atomic E-state index is 6.12. The first-order chi connectivity index (χ1) is 8.77. The number of halogens is 2. The number of nitrogens with zero attached hydrogens (tertiary/aromatic N) is 1. The monoisotopic (exact) mass is 333 g/mol. The molecule has 1 aromatic rings. The summed E-state index contributed by atoms with van der Waals surface area (Å²) in [6, 6.07) is 5.72. The third-order valence-electron chi connectivity index (χ3n) is 2.90. The molecule has 1 heterocycles. The van der Waals surface area contributed by atoms with E-state index in [0.29, 0.717) is 11.6 Å². The lowest BCUT2D eigenvalue weighted by Crippen LogP contribution is -2.37. The van der Waals surface area contributed by atoms with Crippen LogP contribution in [0.1, 0.15) is 6.42 Å². The van der Waals surface area contributed by atoms with Gasteiger partial charge in [-0.25, -0.2) is 0 Å². The van der Waals surface area contributed by atoms with Crippen LogP contribution in [0.4, 0.5) is 0 Å². The van der Waals surface area contributed by atoms with Gasteiger partial charge in [0, 0.05) is 24.1 Å². The molecule has 1 saturated heterocycles. The van der Waals surface area contributed by atoms with Crippen LogP contribution in [0.25, 0.3) is 0 Å². The smallest absolute Gasteiger partial charge is 0.139 e. The molecule has 1 aromatic carbocycles. The summed E-state index contributed by atoms with van der Waals surface area (Å²) in [4.78, 5) is 2.40. The van der Waals surface area contributed by atoms with Crippen molar-refractivity contribution >= 4 is 27.5 Å². The largest absolute Gasteiger partial charge is 0.492 e. The van der Waals surface area contributed by atoms with Gasteiger partial charge in [0.2, 0.25) is 0 Å². The number of hydrogen-bond acceptors (Lipinski definition) is 3. The van der Waals surface area contributed by atoms with Crippen LogP contribution in [0.5, 0.6) is 5.75 Å². The van der Waals surface area contributed by atoms with Crippen molar-refractivity contribution in [2.24, 2.45) is 0 Å². The molecule has 0 saturated carbocycles. The minimum absolute atomic E-state index is 0.642. The Morgan fingerprint density at radius 2 is 2.11 bits per heavy atom. The van der Waals surface area contributed by atoms with E-state index in [4.69, 9.17) is 21.1 Å². The zero-order chi connectivity index (χ0) is 12.8.